The lowest BCUT2D eigenvalue weighted by molar-refractivity contribution is -0.274. The minimum absolute atomic E-state index is 0.0939. The van der Waals surface area contributed by atoms with E-state index in [1.807, 2.05) is 6.07 Å². The van der Waals surface area contributed by atoms with E-state index in [2.05, 4.69) is 19.8 Å². The van der Waals surface area contributed by atoms with Crippen molar-refractivity contribution in [1.29, 1.82) is 0 Å². The standard InChI is InChI=1S/C22H21F3N4O4S/c23-22(24,25)33-16-3-1-2-14(6-16)7-29(21(30)32-20-12-34-13-26-20)11-19-17-9-28(10-18(17)19)8-15-4-5-31-27-15/h1-6,12-13,17-19H,7-11H2. The summed E-state index contributed by atoms with van der Waals surface area (Å²) in [6.45, 7) is 3.05. The summed E-state index contributed by atoms with van der Waals surface area (Å²) in [6.07, 6.45) is -3.82. The number of halogens is 3. The van der Waals surface area contributed by atoms with Crippen molar-refractivity contribution in [3.63, 3.8) is 0 Å². The number of benzene rings is 1. The van der Waals surface area contributed by atoms with Gasteiger partial charge in [-0.05, 0) is 35.4 Å². The van der Waals surface area contributed by atoms with Crippen molar-refractivity contribution in [2.45, 2.75) is 19.5 Å². The van der Waals surface area contributed by atoms with Crippen LogP contribution in [-0.2, 0) is 13.1 Å². The van der Waals surface area contributed by atoms with E-state index in [1.54, 1.807) is 23.2 Å². The van der Waals surface area contributed by atoms with Gasteiger partial charge in [-0.3, -0.25) is 4.90 Å². The van der Waals surface area contributed by atoms with Crippen LogP contribution in [0.15, 0.2) is 52.0 Å². The molecule has 2 aliphatic rings. The van der Waals surface area contributed by atoms with E-state index >= 15 is 0 Å². The molecule has 0 spiro atoms. The number of rotatable bonds is 8. The molecule has 1 amide bonds. The van der Waals surface area contributed by atoms with Gasteiger partial charge in [-0.15, -0.1) is 24.5 Å². The summed E-state index contributed by atoms with van der Waals surface area (Å²) in [5.41, 5.74) is 2.95. The average Bonchev–Trinajstić information content (AvgIpc) is 3.30. The highest BCUT2D eigenvalue weighted by atomic mass is 32.1. The zero-order valence-electron chi connectivity index (χ0n) is 17.9. The van der Waals surface area contributed by atoms with E-state index in [-0.39, 0.29) is 18.2 Å². The van der Waals surface area contributed by atoms with Gasteiger partial charge >= 0.3 is 12.5 Å². The number of thiazole rings is 1. The third-order valence-electron chi connectivity index (χ3n) is 6.12. The van der Waals surface area contributed by atoms with Gasteiger partial charge in [0.2, 0.25) is 5.88 Å². The van der Waals surface area contributed by atoms with Gasteiger partial charge in [0.05, 0.1) is 16.6 Å². The van der Waals surface area contributed by atoms with Crippen LogP contribution in [0, 0.1) is 17.8 Å². The van der Waals surface area contributed by atoms with Crippen molar-refractivity contribution in [3.8, 4) is 11.6 Å². The maximum atomic E-state index is 12.9. The van der Waals surface area contributed by atoms with Crippen LogP contribution in [0.3, 0.4) is 0 Å². The van der Waals surface area contributed by atoms with E-state index < -0.39 is 12.5 Å². The Hall–Kier alpha value is -3.12. The molecule has 180 valence electrons. The molecule has 1 aliphatic heterocycles. The van der Waals surface area contributed by atoms with E-state index in [4.69, 9.17) is 9.26 Å². The Kier molecular flexibility index (Phi) is 6.17. The van der Waals surface area contributed by atoms with Gasteiger partial charge in [0.1, 0.15) is 12.0 Å². The molecule has 3 heterocycles. The van der Waals surface area contributed by atoms with Crippen LogP contribution in [0.5, 0.6) is 11.6 Å². The van der Waals surface area contributed by atoms with Crippen molar-refractivity contribution in [3.05, 3.63) is 58.7 Å². The third-order valence-corrected chi connectivity index (χ3v) is 6.69. The zero-order valence-corrected chi connectivity index (χ0v) is 18.7. The number of hydrogen-bond donors (Lipinski definition) is 0. The fourth-order valence-corrected chi connectivity index (χ4v) is 5.06. The number of carbonyl (C=O) groups is 1. The number of amides is 1. The van der Waals surface area contributed by atoms with Crippen molar-refractivity contribution in [1.82, 2.24) is 19.9 Å². The predicted molar refractivity (Wildman–Crippen MR) is 114 cm³/mol. The molecule has 12 heteroatoms. The molecule has 1 saturated carbocycles. The molecule has 0 bridgehead atoms. The molecule has 3 aromatic rings. The number of fused-ring (bicyclic) bond motifs is 1. The summed E-state index contributed by atoms with van der Waals surface area (Å²) in [7, 11) is 0. The molecule has 2 unspecified atom stereocenters. The van der Waals surface area contributed by atoms with Crippen LogP contribution in [0.4, 0.5) is 18.0 Å². The van der Waals surface area contributed by atoms with Gasteiger partial charge in [0, 0.05) is 38.8 Å². The van der Waals surface area contributed by atoms with Crippen LogP contribution >= 0.6 is 11.3 Å². The van der Waals surface area contributed by atoms with Crippen molar-refractivity contribution in [2.24, 2.45) is 17.8 Å². The molecule has 8 nitrogen and oxygen atoms in total. The highest BCUT2D eigenvalue weighted by Gasteiger charge is 2.56. The van der Waals surface area contributed by atoms with Gasteiger partial charge in [0.15, 0.2) is 0 Å². The Morgan fingerprint density at radius 1 is 1.26 bits per heavy atom. The summed E-state index contributed by atoms with van der Waals surface area (Å²) < 4.78 is 52.1. The zero-order chi connectivity index (χ0) is 23.7. The average molecular weight is 494 g/mol. The predicted octanol–water partition coefficient (Wildman–Crippen LogP) is 4.41. The molecule has 2 aromatic heterocycles. The Morgan fingerprint density at radius 3 is 2.76 bits per heavy atom. The van der Waals surface area contributed by atoms with Crippen molar-refractivity contribution in [2.75, 3.05) is 19.6 Å². The summed E-state index contributed by atoms with van der Waals surface area (Å²) in [6, 6.07) is 7.47. The second-order valence-electron chi connectivity index (χ2n) is 8.45. The topological polar surface area (TPSA) is 80.9 Å². The molecular weight excluding hydrogens is 473 g/mol. The van der Waals surface area contributed by atoms with Crippen molar-refractivity contribution < 1.29 is 32.0 Å². The van der Waals surface area contributed by atoms with E-state index in [1.165, 1.54) is 34.4 Å². The molecule has 1 aliphatic carbocycles. The summed E-state index contributed by atoms with van der Waals surface area (Å²) in [4.78, 5) is 20.7. The first-order valence-corrected chi connectivity index (χ1v) is 11.6. The molecular formula is C22H21F3N4O4S. The van der Waals surface area contributed by atoms with Crippen LogP contribution in [0.2, 0.25) is 0 Å². The van der Waals surface area contributed by atoms with Crippen molar-refractivity contribution >= 4 is 17.4 Å². The molecule has 5 rings (SSSR count). The van der Waals surface area contributed by atoms with Crippen LogP contribution < -0.4 is 9.47 Å². The lowest BCUT2D eigenvalue weighted by atomic mass is 10.2. The second-order valence-corrected chi connectivity index (χ2v) is 9.17. The third kappa shape index (κ3) is 5.50. The minimum Gasteiger partial charge on any atom is -0.406 e. The number of carbonyl (C=O) groups excluding carboxylic acids is 1. The first kappa shape index (κ1) is 22.7. The molecule has 1 saturated heterocycles. The first-order chi connectivity index (χ1) is 16.3. The fourth-order valence-electron chi connectivity index (χ4n) is 4.61. The Morgan fingerprint density at radius 2 is 2.09 bits per heavy atom. The molecule has 1 aromatic carbocycles. The quantitative estimate of drug-likeness (QED) is 0.459. The Balaban J connectivity index is 1.24. The second kappa shape index (κ2) is 9.26. The molecule has 2 atom stereocenters. The summed E-state index contributed by atoms with van der Waals surface area (Å²) in [5.74, 6) is 1.06. The molecule has 34 heavy (non-hydrogen) atoms. The molecule has 0 N–H and O–H groups in total. The van der Waals surface area contributed by atoms with Crippen LogP contribution in [0.25, 0.3) is 0 Å². The molecule has 2 fully saturated rings. The minimum atomic E-state index is -4.79. The van der Waals surface area contributed by atoms with Crippen LogP contribution in [0.1, 0.15) is 11.3 Å². The number of hydrogen-bond acceptors (Lipinski definition) is 8. The first-order valence-electron chi connectivity index (χ1n) is 10.7. The Labute approximate surface area is 196 Å². The van der Waals surface area contributed by atoms with E-state index in [0.29, 0.717) is 29.9 Å². The number of piperidine rings is 1. The van der Waals surface area contributed by atoms with Gasteiger partial charge in [-0.2, -0.15) is 0 Å². The highest BCUT2D eigenvalue weighted by Crippen LogP contribution is 2.52. The van der Waals surface area contributed by atoms with Gasteiger partial charge < -0.3 is 18.9 Å². The normalized spacial score (nSPS) is 21.8. The lowest BCUT2D eigenvalue weighted by Crippen LogP contribution is -2.36. The fraction of sp³-hybridized carbons (Fsp3) is 0.409. The van der Waals surface area contributed by atoms with E-state index in [0.717, 1.165) is 25.3 Å². The monoisotopic (exact) mass is 494 g/mol. The highest BCUT2D eigenvalue weighted by molar-refractivity contribution is 7.07. The maximum absolute atomic E-state index is 12.9. The number of aromatic nitrogens is 2. The smallest absolute Gasteiger partial charge is 0.406 e. The SMILES string of the molecule is O=C(Oc1cscn1)N(Cc1cccc(OC(F)(F)F)c1)CC1C2CN(Cc3ccon3)CC21. The van der Waals surface area contributed by atoms with Gasteiger partial charge in [-0.1, -0.05) is 17.3 Å². The van der Waals surface area contributed by atoms with Gasteiger partial charge in [0.25, 0.3) is 0 Å². The Bertz CT molecular complexity index is 1100. The lowest BCUT2D eigenvalue weighted by Gasteiger charge is -2.24. The largest absolute Gasteiger partial charge is 0.573 e. The number of likely N-dealkylation sites (tertiary alicyclic amines) is 1. The molecule has 0 radical (unpaired) electrons. The van der Waals surface area contributed by atoms with E-state index in [9.17, 15) is 18.0 Å². The number of ether oxygens (including phenoxy) is 2. The number of alkyl halides is 3. The summed E-state index contributed by atoms with van der Waals surface area (Å²) in [5, 5.41) is 5.56. The van der Waals surface area contributed by atoms with Crippen LogP contribution in [-0.4, -0.2) is 52.0 Å². The maximum Gasteiger partial charge on any atom is 0.573 e. The summed E-state index contributed by atoms with van der Waals surface area (Å²) >= 11 is 1.30. The van der Waals surface area contributed by atoms with Gasteiger partial charge in [-0.25, -0.2) is 9.78 Å². The number of nitrogens with zero attached hydrogens (tertiary/aromatic N) is 4.